The SMILES string of the molecule is COc1ccc(C(=O)N2CCN(c3ccccc3F)CC2)cc1S(=O)(=O)N(C)C. The second-order valence-electron chi connectivity index (χ2n) is 6.88. The molecule has 1 heterocycles. The number of methoxy groups -OCH3 is 1. The maximum Gasteiger partial charge on any atom is 0.254 e. The Kier molecular flexibility index (Phi) is 6.09. The fourth-order valence-corrected chi connectivity index (χ4v) is 4.32. The summed E-state index contributed by atoms with van der Waals surface area (Å²) in [5, 5.41) is 0. The first-order valence-electron chi connectivity index (χ1n) is 9.15. The number of sulfonamides is 1. The van der Waals surface area contributed by atoms with E-state index in [1.165, 1.54) is 39.4 Å². The molecule has 0 spiro atoms. The molecule has 0 atom stereocenters. The number of hydrogen-bond donors (Lipinski definition) is 0. The van der Waals surface area contributed by atoms with Gasteiger partial charge in [0, 0.05) is 45.8 Å². The molecule has 0 saturated carbocycles. The average Bonchev–Trinajstić information content (AvgIpc) is 2.73. The van der Waals surface area contributed by atoms with Crippen LogP contribution in [0.2, 0.25) is 0 Å². The number of carbonyl (C=O) groups is 1. The maximum absolute atomic E-state index is 14.0. The molecule has 1 aliphatic rings. The van der Waals surface area contributed by atoms with Crippen LogP contribution in [0.3, 0.4) is 0 Å². The third kappa shape index (κ3) is 4.20. The lowest BCUT2D eigenvalue weighted by Crippen LogP contribution is -2.49. The van der Waals surface area contributed by atoms with Gasteiger partial charge in [-0.2, -0.15) is 0 Å². The Morgan fingerprint density at radius 3 is 2.31 bits per heavy atom. The molecule has 29 heavy (non-hydrogen) atoms. The van der Waals surface area contributed by atoms with Crippen LogP contribution in [0.1, 0.15) is 10.4 Å². The number of carbonyl (C=O) groups excluding carboxylic acids is 1. The van der Waals surface area contributed by atoms with Gasteiger partial charge in [-0.15, -0.1) is 0 Å². The lowest BCUT2D eigenvalue weighted by atomic mass is 10.1. The number of anilines is 1. The second-order valence-corrected chi connectivity index (χ2v) is 9.00. The molecule has 1 aliphatic heterocycles. The van der Waals surface area contributed by atoms with E-state index >= 15 is 0 Å². The third-order valence-corrected chi connectivity index (χ3v) is 6.77. The smallest absolute Gasteiger partial charge is 0.254 e. The van der Waals surface area contributed by atoms with E-state index < -0.39 is 10.0 Å². The lowest BCUT2D eigenvalue weighted by molar-refractivity contribution is 0.0746. The van der Waals surface area contributed by atoms with Gasteiger partial charge in [-0.1, -0.05) is 12.1 Å². The highest BCUT2D eigenvalue weighted by molar-refractivity contribution is 7.89. The molecule has 156 valence electrons. The first kappa shape index (κ1) is 21.1. The largest absolute Gasteiger partial charge is 0.495 e. The normalized spacial score (nSPS) is 14.9. The van der Waals surface area contributed by atoms with E-state index in [0.29, 0.717) is 31.9 Å². The Balaban J connectivity index is 1.79. The molecule has 2 aromatic rings. The summed E-state index contributed by atoms with van der Waals surface area (Å²) >= 11 is 0. The first-order valence-corrected chi connectivity index (χ1v) is 10.6. The highest BCUT2D eigenvalue weighted by Gasteiger charge is 2.27. The highest BCUT2D eigenvalue weighted by atomic mass is 32.2. The molecule has 0 unspecified atom stereocenters. The van der Waals surface area contributed by atoms with E-state index in [1.54, 1.807) is 29.2 Å². The van der Waals surface area contributed by atoms with Crippen molar-refractivity contribution in [2.24, 2.45) is 0 Å². The van der Waals surface area contributed by atoms with E-state index in [2.05, 4.69) is 0 Å². The zero-order valence-electron chi connectivity index (χ0n) is 16.6. The van der Waals surface area contributed by atoms with Crippen molar-refractivity contribution < 1.29 is 22.3 Å². The summed E-state index contributed by atoms with van der Waals surface area (Å²) in [6, 6.07) is 10.9. The first-order chi connectivity index (χ1) is 13.8. The second kappa shape index (κ2) is 8.38. The van der Waals surface area contributed by atoms with Crippen LogP contribution in [0, 0.1) is 5.82 Å². The zero-order chi connectivity index (χ0) is 21.2. The van der Waals surface area contributed by atoms with Gasteiger partial charge in [-0.25, -0.2) is 17.1 Å². The monoisotopic (exact) mass is 421 g/mol. The fourth-order valence-electron chi connectivity index (χ4n) is 3.25. The highest BCUT2D eigenvalue weighted by Crippen LogP contribution is 2.28. The van der Waals surface area contributed by atoms with Crippen molar-refractivity contribution >= 4 is 21.6 Å². The van der Waals surface area contributed by atoms with Gasteiger partial charge >= 0.3 is 0 Å². The predicted molar refractivity (Wildman–Crippen MR) is 108 cm³/mol. The number of piperazine rings is 1. The zero-order valence-corrected chi connectivity index (χ0v) is 17.4. The van der Waals surface area contributed by atoms with Gasteiger partial charge in [0.2, 0.25) is 10.0 Å². The van der Waals surface area contributed by atoms with Crippen LogP contribution in [0.15, 0.2) is 47.4 Å². The molecule has 0 aromatic heterocycles. The Labute approximate surface area is 170 Å². The van der Waals surface area contributed by atoms with Crippen LogP contribution in [-0.2, 0) is 10.0 Å². The molecule has 2 aromatic carbocycles. The number of nitrogens with zero attached hydrogens (tertiary/aromatic N) is 3. The molecule has 1 saturated heterocycles. The number of para-hydroxylation sites is 1. The minimum atomic E-state index is -3.77. The van der Waals surface area contributed by atoms with Crippen molar-refractivity contribution in [3.05, 3.63) is 53.8 Å². The number of rotatable bonds is 5. The van der Waals surface area contributed by atoms with Crippen molar-refractivity contribution in [3.63, 3.8) is 0 Å². The van der Waals surface area contributed by atoms with Crippen molar-refractivity contribution in [1.82, 2.24) is 9.21 Å². The molecule has 1 amide bonds. The fraction of sp³-hybridized carbons (Fsp3) is 0.350. The molecule has 0 N–H and O–H groups in total. The van der Waals surface area contributed by atoms with Crippen LogP contribution in [0.25, 0.3) is 0 Å². The Hall–Kier alpha value is -2.65. The molecule has 0 aliphatic carbocycles. The lowest BCUT2D eigenvalue weighted by Gasteiger charge is -2.36. The van der Waals surface area contributed by atoms with Crippen LogP contribution in [0.5, 0.6) is 5.75 Å². The van der Waals surface area contributed by atoms with Crippen LogP contribution in [0.4, 0.5) is 10.1 Å². The number of hydrogen-bond acceptors (Lipinski definition) is 5. The minimum absolute atomic E-state index is 0.0548. The molecular weight excluding hydrogens is 397 g/mol. The van der Waals surface area contributed by atoms with Crippen molar-refractivity contribution in [1.29, 1.82) is 0 Å². The van der Waals surface area contributed by atoms with Crippen molar-refractivity contribution in [2.75, 3.05) is 52.3 Å². The predicted octanol–water partition coefficient (Wildman–Crippen LogP) is 2.05. The third-order valence-electron chi connectivity index (χ3n) is 4.93. The van der Waals surface area contributed by atoms with E-state index in [0.717, 1.165) is 4.31 Å². The molecule has 9 heteroatoms. The van der Waals surface area contributed by atoms with Gasteiger partial charge in [0.25, 0.3) is 5.91 Å². The van der Waals surface area contributed by atoms with E-state index in [1.807, 2.05) is 4.90 Å². The summed E-state index contributed by atoms with van der Waals surface area (Å²) in [7, 11) is 0.458. The minimum Gasteiger partial charge on any atom is -0.495 e. The Morgan fingerprint density at radius 1 is 1.07 bits per heavy atom. The van der Waals surface area contributed by atoms with Crippen LogP contribution in [-0.4, -0.2) is 70.9 Å². The van der Waals surface area contributed by atoms with Gasteiger partial charge in [0.15, 0.2) is 0 Å². The van der Waals surface area contributed by atoms with E-state index in [9.17, 15) is 17.6 Å². The summed E-state index contributed by atoms with van der Waals surface area (Å²) < 4.78 is 45.4. The topological polar surface area (TPSA) is 70.2 Å². The van der Waals surface area contributed by atoms with E-state index in [-0.39, 0.29) is 27.9 Å². The number of ether oxygens (including phenoxy) is 1. The van der Waals surface area contributed by atoms with Gasteiger partial charge in [0.05, 0.1) is 12.8 Å². The van der Waals surface area contributed by atoms with Crippen molar-refractivity contribution in [2.45, 2.75) is 4.90 Å². The standard InChI is InChI=1S/C20H24FN3O4S/c1-22(2)29(26,27)19-14-15(8-9-18(19)28-3)20(25)24-12-10-23(11-13-24)17-7-5-4-6-16(17)21/h4-9,14H,10-13H2,1-3H3. The maximum atomic E-state index is 14.0. The molecule has 0 bridgehead atoms. The Bertz CT molecular complexity index is 1000. The number of benzene rings is 2. The van der Waals surface area contributed by atoms with E-state index in [4.69, 9.17) is 4.74 Å². The summed E-state index contributed by atoms with van der Waals surface area (Å²) in [5.41, 5.74) is 0.786. The molecule has 3 rings (SSSR count). The summed E-state index contributed by atoms with van der Waals surface area (Å²) in [6.07, 6.45) is 0. The van der Waals surface area contributed by atoms with Gasteiger partial charge in [-0.3, -0.25) is 4.79 Å². The molecular formula is C20H24FN3O4S. The quantitative estimate of drug-likeness (QED) is 0.739. The van der Waals surface area contributed by atoms with Crippen LogP contribution >= 0.6 is 0 Å². The van der Waals surface area contributed by atoms with Gasteiger partial charge < -0.3 is 14.5 Å². The summed E-state index contributed by atoms with van der Waals surface area (Å²) in [5.74, 6) is -0.378. The number of amides is 1. The molecule has 7 nitrogen and oxygen atoms in total. The Morgan fingerprint density at radius 2 is 1.72 bits per heavy atom. The summed E-state index contributed by atoms with van der Waals surface area (Å²) in [6.45, 7) is 1.81. The average molecular weight is 421 g/mol. The van der Waals surface area contributed by atoms with Crippen LogP contribution < -0.4 is 9.64 Å². The van der Waals surface area contributed by atoms with Gasteiger partial charge in [-0.05, 0) is 30.3 Å². The molecule has 1 fully saturated rings. The molecule has 0 radical (unpaired) electrons. The van der Waals surface area contributed by atoms with Gasteiger partial charge in [0.1, 0.15) is 16.5 Å². The summed E-state index contributed by atoms with van der Waals surface area (Å²) in [4.78, 5) is 16.4. The van der Waals surface area contributed by atoms with Crippen molar-refractivity contribution in [3.8, 4) is 5.75 Å². The number of halogens is 1.